The van der Waals surface area contributed by atoms with Gasteiger partial charge in [0, 0.05) is 74.0 Å². The molecule has 0 bridgehead atoms. The maximum absolute atomic E-state index is 14.2. The van der Waals surface area contributed by atoms with Crippen LogP contribution in [0, 0.1) is 27.9 Å². The minimum Gasteiger partial charge on any atom is -0.333 e. The van der Waals surface area contributed by atoms with Crippen LogP contribution in [0.4, 0.5) is 8.78 Å². The molecule has 3 N–H and O–H groups in total. The summed E-state index contributed by atoms with van der Waals surface area (Å²) in [6.07, 6.45) is 1.37. The number of hydrogen-bond donors (Lipinski definition) is 3. The number of carbonyl (C=O) groups excluding carboxylic acids is 2. The maximum atomic E-state index is 14.2. The van der Waals surface area contributed by atoms with Gasteiger partial charge in [0.2, 0.25) is 11.8 Å². The van der Waals surface area contributed by atoms with E-state index in [1.54, 1.807) is 4.90 Å². The van der Waals surface area contributed by atoms with Gasteiger partial charge in [-0.05, 0) is 44.1 Å². The fourth-order valence-corrected chi connectivity index (χ4v) is 5.46. The average Bonchev–Trinajstić information content (AvgIpc) is 3.23. The summed E-state index contributed by atoms with van der Waals surface area (Å²) >= 11 is 0. The molecule has 3 heterocycles. The van der Waals surface area contributed by atoms with Crippen molar-refractivity contribution in [1.82, 2.24) is 20.0 Å². The molecule has 1 aromatic rings. The van der Waals surface area contributed by atoms with E-state index in [-0.39, 0.29) is 53.9 Å². The van der Waals surface area contributed by atoms with Gasteiger partial charge in [0.1, 0.15) is 11.6 Å². The number of carbonyl (C=O) groups is 2. The van der Waals surface area contributed by atoms with E-state index < -0.39 is 17.0 Å². The predicted octanol–water partition coefficient (Wildman–Crippen LogP) is 3.14. The lowest BCUT2D eigenvalue weighted by molar-refractivity contribution is -0.131. The number of allylic oxidation sites excluding steroid dienone is 2. The van der Waals surface area contributed by atoms with E-state index in [0.29, 0.717) is 38.4 Å². The van der Waals surface area contributed by atoms with Gasteiger partial charge in [-0.1, -0.05) is 19.9 Å². The second kappa shape index (κ2) is 11.1. The summed E-state index contributed by atoms with van der Waals surface area (Å²) in [6, 6.07) is 3.36. The number of nitrogens with one attached hydrogen (secondary N) is 3. The Hall–Kier alpha value is -3.24. The fourth-order valence-electron chi connectivity index (χ4n) is 5.46. The van der Waals surface area contributed by atoms with Crippen LogP contribution >= 0.6 is 0 Å². The van der Waals surface area contributed by atoms with Crippen molar-refractivity contribution in [3.8, 4) is 0 Å². The van der Waals surface area contributed by atoms with Crippen LogP contribution in [0.15, 0.2) is 41.1 Å². The topological polar surface area (TPSA) is 104 Å². The minimum absolute atomic E-state index is 0.0233. The second-order valence-electron chi connectivity index (χ2n) is 11.7. The Kier molecular flexibility index (Phi) is 8.18. The van der Waals surface area contributed by atoms with E-state index in [1.807, 2.05) is 32.6 Å². The van der Waals surface area contributed by atoms with Crippen molar-refractivity contribution in [2.24, 2.45) is 5.41 Å². The van der Waals surface area contributed by atoms with Crippen LogP contribution in [-0.4, -0.2) is 89.3 Å². The molecule has 3 aliphatic heterocycles. The number of benzene rings is 1. The first-order valence-electron chi connectivity index (χ1n) is 13.3. The number of piperazine rings is 1. The third-order valence-electron chi connectivity index (χ3n) is 7.96. The molecule has 0 aromatic heterocycles. The SMILES string of the molecule is CC1=C(C)C(=O)N(C[C@H]2CN[C@H](C)CN2CC(=O)N2CC(C)(C)C(=N)/C2=C\C(=N)Cc2ccc(F)cc2F)C1. The summed E-state index contributed by atoms with van der Waals surface area (Å²) in [7, 11) is 0. The minimum atomic E-state index is -0.733. The zero-order valence-electron chi connectivity index (χ0n) is 23.3. The highest BCUT2D eigenvalue weighted by Crippen LogP contribution is 2.34. The molecule has 2 fully saturated rings. The summed E-state index contributed by atoms with van der Waals surface area (Å²) < 4.78 is 27.5. The van der Waals surface area contributed by atoms with Gasteiger partial charge in [0.05, 0.1) is 18.0 Å². The summed E-state index contributed by atoms with van der Waals surface area (Å²) in [5.41, 5.74) is 2.01. The third kappa shape index (κ3) is 6.17. The van der Waals surface area contributed by atoms with Gasteiger partial charge < -0.3 is 25.9 Å². The molecule has 39 heavy (non-hydrogen) atoms. The van der Waals surface area contributed by atoms with Crippen molar-refractivity contribution in [3.63, 3.8) is 0 Å². The van der Waals surface area contributed by atoms with E-state index in [2.05, 4.69) is 17.1 Å². The Bertz CT molecular complexity index is 1270. The highest BCUT2D eigenvalue weighted by molar-refractivity contribution is 6.11. The van der Waals surface area contributed by atoms with Gasteiger partial charge in [-0.3, -0.25) is 14.5 Å². The highest BCUT2D eigenvalue weighted by atomic mass is 19.1. The smallest absolute Gasteiger partial charge is 0.249 e. The molecule has 210 valence electrons. The third-order valence-corrected chi connectivity index (χ3v) is 7.96. The molecule has 4 rings (SSSR count). The molecule has 0 spiro atoms. The lowest BCUT2D eigenvalue weighted by Crippen LogP contribution is -2.60. The first kappa shape index (κ1) is 28.8. The molecule has 0 unspecified atom stereocenters. The number of hydrogen-bond acceptors (Lipinski definition) is 6. The first-order valence-corrected chi connectivity index (χ1v) is 13.3. The van der Waals surface area contributed by atoms with Crippen molar-refractivity contribution in [3.05, 3.63) is 58.3 Å². The second-order valence-corrected chi connectivity index (χ2v) is 11.7. The molecule has 8 nitrogen and oxygen atoms in total. The molecule has 2 amide bonds. The van der Waals surface area contributed by atoms with Crippen LogP contribution in [0.3, 0.4) is 0 Å². The number of nitrogens with zero attached hydrogens (tertiary/aromatic N) is 3. The highest BCUT2D eigenvalue weighted by Gasteiger charge is 2.42. The normalized spacial score (nSPS) is 24.8. The average molecular weight is 541 g/mol. The van der Waals surface area contributed by atoms with Gasteiger partial charge in [0.15, 0.2) is 0 Å². The molecule has 2 atom stereocenters. The molecule has 10 heteroatoms. The zero-order valence-corrected chi connectivity index (χ0v) is 23.3. The summed E-state index contributed by atoms with van der Waals surface area (Å²) in [4.78, 5) is 31.9. The Labute approximate surface area is 228 Å². The Morgan fingerprint density at radius 2 is 1.97 bits per heavy atom. The quantitative estimate of drug-likeness (QED) is 0.463. The van der Waals surface area contributed by atoms with Gasteiger partial charge in [0.25, 0.3) is 0 Å². The van der Waals surface area contributed by atoms with Crippen molar-refractivity contribution < 1.29 is 18.4 Å². The standard InChI is InChI=1S/C29H38F2N6O2/c1-17-12-36(28(39)19(17)3)14-23-11-34-18(2)13-35(23)15-26(38)37-16-29(4,5)27(33)25(37)10-22(32)8-20-6-7-21(30)9-24(20)31/h6-7,9-10,18,23,32-34H,8,11-16H2,1-5H3/b25-10+,32-22?,33-27?/t18-,23-/m1/s1. The lowest BCUT2D eigenvalue weighted by Gasteiger charge is -2.41. The number of rotatable bonds is 7. The molecule has 2 saturated heterocycles. The van der Waals surface area contributed by atoms with Gasteiger partial charge in [-0.2, -0.15) is 0 Å². The number of amides is 2. The van der Waals surface area contributed by atoms with E-state index in [9.17, 15) is 18.4 Å². The summed E-state index contributed by atoms with van der Waals surface area (Å²) in [6.45, 7) is 12.4. The van der Waals surface area contributed by atoms with Crippen LogP contribution in [0.5, 0.6) is 0 Å². The zero-order chi connectivity index (χ0) is 28.6. The van der Waals surface area contributed by atoms with Crippen LogP contribution in [0.1, 0.15) is 40.2 Å². The van der Waals surface area contributed by atoms with Crippen LogP contribution in [0.2, 0.25) is 0 Å². The number of likely N-dealkylation sites (tertiary alicyclic amines) is 1. The Morgan fingerprint density at radius 3 is 2.62 bits per heavy atom. The van der Waals surface area contributed by atoms with Gasteiger partial charge in [-0.15, -0.1) is 0 Å². The van der Waals surface area contributed by atoms with Crippen LogP contribution in [-0.2, 0) is 16.0 Å². The largest absolute Gasteiger partial charge is 0.333 e. The van der Waals surface area contributed by atoms with Crippen LogP contribution in [0.25, 0.3) is 0 Å². The van der Waals surface area contributed by atoms with Gasteiger partial charge >= 0.3 is 0 Å². The molecular formula is C29H38F2N6O2. The molecule has 0 aliphatic carbocycles. The molecule has 0 saturated carbocycles. The molecule has 1 aromatic carbocycles. The van der Waals surface area contributed by atoms with E-state index in [4.69, 9.17) is 10.8 Å². The Balaban J connectivity index is 1.50. The van der Waals surface area contributed by atoms with E-state index in [1.165, 1.54) is 12.1 Å². The molecule has 3 aliphatic rings. The summed E-state index contributed by atoms with van der Waals surface area (Å²) in [5, 5.41) is 20.6. The fraction of sp³-hybridized carbons (Fsp3) is 0.517. The van der Waals surface area contributed by atoms with Crippen molar-refractivity contribution in [1.29, 1.82) is 10.8 Å². The number of halogens is 2. The van der Waals surface area contributed by atoms with Crippen molar-refractivity contribution in [2.45, 2.75) is 53.1 Å². The molecule has 0 radical (unpaired) electrons. The molecular weight excluding hydrogens is 502 g/mol. The van der Waals surface area contributed by atoms with Crippen molar-refractivity contribution >= 4 is 23.2 Å². The van der Waals surface area contributed by atoms with Crippen LogP contribution < -0.4 is 5.32 Å². The predicted molar refractivity (Wildman–Crippen MR) is 147 cm³/mol. The van der Waals surface area contributed by atoms with E-state index in [0.717, 1.165) is 23.3 Å². The summed E-state index contributed by atoms with van der Waals surface area (Å²) in [5.74, 6) is -1.57. The van der Waals surface area contributed by atoms with E-state index >= 15 is 0 Å². The van der Waals surface area contributed by atoms with Gasteiger partial charge in [-0.25, -0.2) is 8.78 Å². The lowest BCUT2D eigenvalue weighted by atomic mass is 9.89. The Morgan fingerprint density at radius 1 is 1.26 bits per heavy atom. The maximum Gasteiger partial charge on any atom is 0.249 e. The van der Waals surface area contributed by atoms with Crippen molar-refractivity contribution in [2.75, 3.05) is 39.3 Å². The monoisotopic (exact) mass is 540 g/mol. The first-order chi connectivity index (χ1) is 18.3.